The lowest BCUT2D eigenvalue weighted by molar-refractivity contribution is 0.0996. The van der Waals surface area contributed by atoms with Crippen LogP contribution < -0.4 is 5.32 Å². The number of sulfone groups is 1. The molecule has 8 heteroatoms. The molecule has 0 saturated carbocycles. The monoisotopic (exact) mass is 396 g/mol. The first-order valence-electron chi connectivity index (χ1n) is 8.55. The van der Waals surface area contributed by atoms with Gasteiger partial charge in [-0.15, -0.1) is 0 Å². The third kappa shape index (κ3) is 3.41. The first kappa shape index (κ1) is 18.0. The van der Waals surface area contributed by atoms with Gasteiger partial charge in [0.15, 0.2) is 21.2 Å². The van der Waals surface area contributed by atoms with Crippen molar-refractivity contribution in [2.45, 2.75) is 11.8 Å². The summed E-state index contributed by atoms with van der Waals surface area (Å²) < 4.78 is 34.8. The van der Waals surface area contributed by atoms with E-state index in [0.29, 0.717) is 28.2 Å². The first-order valence-corrected chi connectivity index (χ1v) is 10.2. The molecule has 1 amide bonds. The van der Waals surface area contributed by atoms with Crippen molar-refractivity contribution in [3.8, 4) is 11.5 Å². The largest absolute Gasteiger partial charge is 0.459 e. The number of benzene rings is 2. The smallest absolute Gasteiger partial charge is 0.291 e. The highest BCUT2D eigenvalue weighted by Crippen LogP contribution is 2.27. The van der Waals surface area contributed by atoms with Crippen molar-refractivity contribution in [2.75, 3.05) is 11.1 Å². The molecule has 1 N–H and O–H groups in total. The van der Waals surface area contributed by atoms with Crippen molar-refractivity contribution in [3.63, 3.8) is 0 Å². The Balaban J connectivity index is 1.58. The van der Waals surface area contributed by atoms with Crippen LogP contribution in [0.5, 0.6) is 0 Å². The maximum Gasteiger partial charge on any atom is 0.291 e. The molecule has 7 nitrogen and oxygen atoms in total. The summed E-state index contributed by atoms with van der Waals surface area (Å²) >= 11 is 0. The van der Waals surface area contributed by atoms with Gasteiger partial charge in [0.25, 0.3) is 5.91 Å². The van der Waals surface area contributed by atoms with Crippen molar-refractivity contribution in [1.82, 2.24) is 4.98 Å². The van der Waals surface area contributed by atoms with Crippen LogP contribution in [-0.4, -0.2) is 25.1 Å². The van der Waals surface area contributed by atoms with Gasteiger partial charge in [-0.3, -0.25) is 4.79 Å². The minimum absolute atomic E-state index is 0.0222. The molecule has 0 fully saturated rings. The number of hydrogen-bond donors (Lipinski definition) is 1. The van der Waals surface area contributed by atoms with E-state index in [4.69, 9.17) is 8.83 Å². The summed E-state index contributed by atoms with van der Waals surface area (Å²) in [5.74, 6) is 0.268. The second-order valence-corrected chi connectivity index (χ2v) is 8.34. The quantitative estimate of drug-likeness (QED) is 0.544. The van der Waals surface area contributed by atoms with Crippen LogP contribution in [-0.2, 0) is 9.84 Å². The van der Waals surface area contributed by atoms with Gasteiger partial charge in [0, 0.05) is 11.3 Å². The highest BCUT2D eigenvalue weighted by molar-refractivity contribution is 7.91. The van der Waals surface area contributed by atoms with Crippen LogP contribution in [0.15, 0.2) is 74.6 Å². The number of oxazole rings is 1. The third-order valence-corrected chi connectivity index (χ3v) is 5.97. The molecule has 0 radical (unpaired) electrons. The molecule has 0 bridgehead atoms. The number of nitrogens with one attached hydrogen (secondary N) is 1. The predicted molar refractivity (Wildman–Crippen MR) is 104 cm³/mol. The fourth-order valence-electron chi connectivity index (χ4n) is 2.69. The molecule has 2 aromatic heterocycles. The van der Waals surface area contributed by atoms with Gasteiger partial charge in [-0.25, -0.2) is 13.4 Å². The molecular weight excluding hydrogens is 380 g/mol. The van der Waals surface area contributed by atoms with E-state index in [1.54, 1.807) is 49.4 Å². The van der Waals surface area contributed by atoms with E-state index < -0.39 is 9.84 Å². The Hall–Kier alpha value is -3.39. The predicted octanol–water partition coefficient (Wildman–Crippen LogP) is 4.13. The molecule has 0 atom stereocenters. The van der Waals surface area contributed by atoms with Crippen molar-refractivity contribution in [3.05, 3.63) is 66.6 Å². The zero-order chi connectivity index (χ0) is 19.7. The van der Waals surface area contributed by atoms with Gasteiger partial charge < -0.3 is 14.2 Å². The van der Waals surface area contributed by atoms with Crippen LogP contribution in [0.1, 0.15) is 17.5 Å². The van der Waals surface area contributed by atoms with Gasteiger partial charge in [0.05, 0.1) is 16.9 Å². The Labute approximate surface area is 160 Å². The highest BCUT2D eigenvalue weighted by Gasteiger charge is 2.15. The molecule has 142 valence electrons. The van der Waals surface area contributed by atoms with E-state index in [1.807, 2.05) is 0 Å². The number of nitrogens with zero attached hydrogens (tertiary/aromatic N) is 1. The minimum Gasteiger partial charge on any atom is -0.459 e. The number of amides is 1. The number of fused-ring (bicyclic) bond motifs is 1. The summed E-state index contributed by atoms with van der Waals surface area (Å²) in [5, 5.41) is 2.73. The zero-order valence-corrected chi connectivity index (χ0v) is 15.7. The Morgan fingerprint density at radius 2 is 1.89 bits per heavy atom. The second kappa shape index (κ2) is 6.97. The number of furan rings is 1. The lowest BCUT2D eigenvalue weighted by atomic mass is 10.2. The molecule has 2 heterocycles. The number of aromatic nitrogens is 1. The molecule has 0 aliphatic heterocycles. The van der Waals surface area contributed by atoms with E-state index in [2.05, 4.69) is 10.3 Å². The molecule has 4 aromatic rings. The summed E-state index contributed by atoms with van der Waals surface area (Å²) in [6, 6.07) is 14.8. The Morgan fingerprint density at radius 1 is 1.11 bits per heavy atom. The summed E-state index contributed by atoms with van der Waals surface area (Å²) in [5.41, 5.74) is 2.27. The van der Waals surface area contributed by atoms with Crippen LogP contribution in [0, 0.1) is 0 Å². The van der Waals surface area contributed by atoms with E-state index in [-0.39, 0.29) is 22.3 Å². The number of carbonyl (C=O) groups is 1. The molecule has 0 saturated heterocycles. The topological polar surface area (TPSA) is 102 Å². The van der Waals surface area contributed by atoms with Crippen molar-refractivity contribution < 1.29 is 22.0 Å². The molecule has 4 rings (SSSR count). The average molecular weight is 396 g/mol. The second-order valence-electron chi connectivity index (χ2n) is 6.06. The Bertz CT molecular complexity index is 1240. The molecule has 0 spiro atoms. The van der Waals surface area contributed by atoms with Gasteiger partial charge in [0.2, 0.25) is 5.89 Å². The highest BCUT2D eigenvalue weighted by atomic mass is 32.2. The van der Waals surface area contributed by atoms with E-state index in [9.17, 15) is 13.2 Å². The van der Waals surface area contributed by atoms with Gasteiger partial charge in [-0.2, -0.15) is 0 Å². The molecule has 2 aromatic carbocycles. The van der Waals surface area contributed by atoms with Gasteiger partial charge >= 0.3 is 0 Å². The summed E-state index contributed by atoms with van der Waals surface area (Å²) in [6.45, 7) is 1.60. The molecule has 28 heavy (non-hydrogen) atoms. The normalized spacial score (nSPS) is 11.6. The van der Waals surface area contributed by atoms with Crippen LogP contribution in [0.2, 0.25) is 0 Å². The number of rotatable bonds is 5. The lowest BCUT2D eigenvalue weighted by Crippen LogP contribution is -2.10. The lowest BCUT2D eigenvalue weighted by Gasteiger charge is -2.03. The van der Waals surface area contributed by atoms with Crippen LogP contribution in [0.4, 0.5) is 5.69 Å². The fraction of sp³-hybridized carbons (Fsp3) is 0.100. The summed E-state index contributed by atoms with van der Waals surface area (Å²) in [4.78, 5) is 16.6. The Morgan fingerprint density at radius 3 is 2.57 bits per heavy atom. The standard InChI is InChI=1S/C20H16N2O5S/c1-2-28(24,25)15-9-10-17-16(12-15)22-20(27-17)13-5-7-14(8-6-13)21-19(23)18-4-3-11-26-18/h3-12H,2H2,1H3,(H,21,23). The number of hydrogen-bond acceptors (Lipinski definition) is 6. The van der Waals surface area contributed by atoms with Crippen LogP contribution >= 0.6 is 0 Å². The number of anilines is 1. The zero-order valence-electron chi connectivity index (χ0n) is 14.9. The first-order chi connectivity index (χ1) is 13.5. The maximum atomic E-state index is 12.0. The number of carbonyl (C=O) groups excluding carboxylic acids is 1. The van der Waals surface area contributed by atoms with Gasteiger partial charge in [-0.05, 0) is 54.6 Å². The van der Waals surface area contributed by atoms with Crippen LogP contribution in [0.25, 0.3) is 22.6 Å². The molecule has 0 unspecified atom stereocenters. The van der Waals surface area contributed by atoms with E-state index >= 15 is 0 Å². The van der Waals surface area contributed by atoms with Crippen molar-refractivity contribution >= 4 is 32.5 Å². The maximum absolute atomic E-state index is 12.0. The van der Waals surface area contributed by atoms with Gasteiger partial charge in [-0.1, -0.05) is 6.92 Å². The minimum atomic E-state index is -3.31. The van der Waals surface area contributed by atoms with Crippen molar-refractivity contribution in [2.24, 2.45) is 0 Å². The van der Waals surface area contributed by atoms with E-state index in [1.165, 1.54) is 18.4 Å². The van der Waals surface area contributed by atoms with E-state index in [0.717, 1.165) is 0 Å². The Kier molecular flexibility index (Phi) is 4.48. The molecular formula is C20H16N2O5S. The third-order valence-electron chi connectivity index (χ3n) is 4.23. The average Bonchev–Trinajstić information content (AvgIpc) is 3.37. The van der Waals surface area contributed by atoms with Gasteiger partial charge in [0.1, 0.15) is 5.52 Å². The molecule has 0 aliphatic rings. The van der Waals surface area contributed by atoms with Crippen LogP contribution in [0.3, 0.4) is 0 Å². The SMILES string of the molecule is CCS(=O)(=O)c1ccc2oc(-c3ccc(NC(=O)c4ccco4)cc3)nc2c1. The fourth-order valence-corrected chi connectivity index (χ4v) is 3.59. The summed E-state index contributed by atoms with van der Waals surface area (Å²) in [7, 11) is -3.31. The van der Waals surface area contributed by atoms with Crippen molar-refractivity contribution in [1.29, 1.82) is 0 Å². The summed E-state index contributed by atoms with van der Waals surface area (Å²) in [6.07, 6.45) is 1.43. The molecule has 0 aliphatic carbocycles.